The van der Waals surface area contributed by atoms with E-state index in [4.69, 9.17) is 5.73 Å². The van der Waals surface area contributed by atoms with Crippen molar-refractivity contribution < 1.29 is 4.79 Å². The van der Waals surface area contributed by atoms with Crippen LogP contribution in [0.15, 0.2) is 24.3 Å². The summed E-state index contributed by atoms with van der Waals surface area (Å²) in [5.74, 6) is 0.650. The van der Waals surface area contributed by atoms with E-state index in [0.29, 0.717) is 12.5 Å². The summed E-state index contributed by atoms with van der Waals surface area (Å²) >= 11 is 0. The molecule has 4 nitrogen and oxygen atoms in total. The van der Waals surface area contributed by atoms with Crippen molar-refractivity contribution in [3.63, 3.8) is 0 Å². The van der Waals surface area contributed by atoms with Crippen LogP contribution in [0.1, 0.15) is 42.1 Å². The largest absolute Gasteiger partial charge is 0.337 e. The Balaban J connectivity index is 1.99. The van der Waals surface area contributed by atoms with Crippen molar-refractivity contribution in [1.29, 1.82) is 0 Å². The van der Waals surface area contributed by atoms with Crippen LogP contribution in [-0.2, 0) is 0 Å². The number of benzene rings is 1. The lowest BCUT2D eigenvalue weighted by molar-refractivity contribution is 0.0761. The molecule has 0 bridgehead atoms. The second-order valence-electron chi connectivity index (χ2n) is 6.05. The molecule has 0 unspecified atom stereocenters. The highest BCUT2D eigenvalue weighted by atomic mass is 16.2. The quantitative estimate of drug-likeness (QED) is 0.921. The molecular weight excluding hydrogens is 262 g/mol. The molecule has 1 aromatic rings. The van der Waals surface area contributed by atoms with Crippen molar-refractivity contribution in [2.24, 2.45) is 5.73 Å². The first-order valence-corrected chi connectivity index (χ1v) is 7.93. The summed E-state index contributed by atoms with van der Waals surface area (Å²) in [5, 5.41) is 0. The van der Waals surface area contributed by atoms with E-state index in [2.05, 4.69) is 30.9 Å². The van der Waals surface area contributed by atoms with E-state index < -0.39 is 0 Å². The Hall–Kier alpha value is -1.39. The standard InChI is InChI=1S/C17H27N3O/c1-14(2)15-4-6-16(7-5-15)17(21)20-10-3-9-19(11-8-18)12-13-20/h4-7,14H,3,8-13,18H2,1-2H3. The van der Waals surface area contributed by atoms with Crippen LogP contribution >= 0.6 is 0 Å². The zero-order valence-electron chi connectivity index (χ0n) is 13.2. The maximum Gasteiger partial charge on any atom is 0.253 e. The molecular formula is C17H27N3O. The average Bonchev–Trinajstić information content (AvgIpc) is 2.73. The number of carbonyl (C=O) groups is 1. The van der Waals surface area contributed by atoms with Gasteiger partial charge in [0.05, 0.1) is 0 Å². The van der Waals surface area contributed by atoms with Gasteiger partial charge in [0.15, 0.2) is 0 Å². The molecule has 0 radical (unpaired) electrons. The van der Waals surface area contributed by atoms with E-state index in [9.17, 15) is 4.79 Å². The Bertz CT molecular complexity index is 456. The van der Waals surface area contributed by atoms with Crippen LogP contribution in [0.25, 0.3) is 0 Å². The molecule has 0 spiro atoms. The molecule has 0 atom stereocenters. The van der Waals surface area contributed by atoms with Gasteiger partial charge in [-0.15, -0.1) is 0 Å². The van der Waals surface area contributed by atoms with Gasteiger partial charge < -0.3 is 15.5 Å². The smallest absolute Gasteiger partial charge is 0.253 e. The molecule has 0 aliphatic carbocycles. The molecule has 2 N–H and O–H groups in total. The maximum atomic E-state index is 12.6. The number of rotatable bonds is 4. The van der Waals surface area contributed by atoms with Crippen LogP contribution in [0.3, 0.4) is 0 Å². The zero-order valence-corrected chi connectivity index (χ0v) is 13.2. The lowest BCUT2D eigenvalue weighted by Gasteiger charge is -2.22. The van der Waals surface area contributed by atoms with Gasteiger partial charge in [-0.25, -0.2) is 0 Å². The second-order valence-corrected chi connectivity index (χ2v) is 6.05. The fourth-order valence-corrected chi connectivity index (χ4v) is 2.77. The first-order chi connectivity index (χ1) is 10.1. The highest BCUT2D eigenvalue weighted by Gasteiger charge is 2.19. The fourth-order valence-electron chi connectivity index (χ4n) is 2.77. The third kappa shape index (κ3) is 4.29. The number of amides is 1. The fraction of sp³-hybridized carbons (Fsp3) is 0.588. The van der Waals surface area contributed by atoms with Crippen LogP contribution in [0.4, 0.5) is 0 Å². The summed E-state index contributed by atoms with van der Waals surface area (Å²) in [7, 11) is 0. The minimum Gasteiger partial charge on any atom is -0.337 e. The Morgan fingerprint density at radius 1 is 1.14 bits per heavy atom. The van der Waals surface area contributed by atoms with E-state index in [-0.39, 0.29) is 5.91 Å². The molecule has 4 heteroatoms. The van der Waals surface area contributed by atoms with Crippen LogP contribution in [0.2, 0.25) is 0 Å². The Morgan fingerprint density at radius 2 is 1.86 bits per heavy atom. The first kappa shape index (κ1) is 16.0. The molecule has 1 aliphatic rings. The number of hydrogen-bond donors (Lipinski definition) is 1. The van der Waals surface area contributed by atoms with Crippen molar-refractivity contribution in [3.8, 4) is 0 Å². The maximum absolute atomic E-state index is 12.6. The topological polar surface area (TPSA) is 49.6 Å². The van der Waals surface area contributed by atoms with Crippen LogP contribution < -0.4 is 5.73 Å². The predicted molar refractivity (Wildman–Crippen MR) is 86.5 cm³/mol. The predicted octanol–water partition coefficient (Wildman–Crippen LogP) is 1.92. The SMILES string of the molecule is CC(C)c1ccc(C(=O)N2CCCN(CCN)CC2)cc1. The molecule has 1 fully saturated rings. The number of nitrogens with zero attached hydrogens (tertiary/aromatic N) is 2. The highest BCUT2D eigenvalue weighted by Crippen LogP contribution is 2.16. The second kappa shape index (κ2) is 7.57. The van der Waals surface area contributed by atoms with Crippen LogP contribution in [0, 0.1) is 0 Å². The van der Waals surface area contributed by atoms with Crippen molar-refractivity contribution >= 4 is 5.91 Å². The van der Waals surface area contributed by atoms with E-state index in [1.54, 1.807) is 0 Å². The van der Waals surface area contributed by atoms with E-state index in [1.165, 1.54) is 5.56 Å². The van der Waals surface area contributed by atoms with Gasteiger partial charge in [0.2, 0.25) is 0 Å². The van der Waals surface area contributed by atoms with Crippen molar-refractivity contribution in [3.05, 3.63) is 35.4 Å². The third-order valence-corrected chi connectivity index (χ3v) is 4.15. The normalized spacial score (nSPS) is 17.0. The molecule has 116 valence electrons. The molecule has 1 aliphatic heterocycles. The van der Waals surface area contributed by atoms with Crippen LogP contribution in [-0.4, -0.2) is 55.0 Å². The van der Waals surface area contributed by atoms with E-state index in [1.807, 2.05) is 17.0 Å². The highest BCUT2D eigenvalue weighted by molar-refractivity contribution is 5.94. The Morgan fingerprint density at radius 3 is 2.48 bits per heavy atom. The minimum absolute atomic E-state index is 0.153. The van der Waals surface area contributed by atoms with Crippen LogP contribution in [0.5, 0.6) is 0 Å². The lowest BCUT2D eigenvalue weighted by atomic mass is 10.0. The van der Waals surface area contributed by atoms with E-state index in [0.717, 1.165) is 44.7 Å². The van der Waals surface area contributed by atoms with Crippen molar-refractivity contribution in [1.82, 2.24) is 9.80 Å². The summed E-state index contributed by atoms with van der Waals surface area (Å²) in [4.78, 5) is 16.9. The van der Waals surface area contributed by atoms with Gasteiger partial charge in [-0.1, -0.05) is 26.0 Å². The first-order valence-electron chi connectivity index (χ1n) is 7.93. The molecule has 0 aromatic heterocycles. The van der Waals surface area contributed by atoms with Gasteiger partial charge >= 0.3 is 0 Å². The number of nitrogens with two attached hydrogens (primary N) is 1. The Labute approximate surface area is 127 Å². The van der Waals surface area contributed by atoms with Gasteiger partial charge in [0.25, 0.3) is 5.91 Å². The van der Waals surface area contributed by atoms with Gasteiger partial charge in [0.1, 0.15) is 0 Å². The van der Waals surface area contributed by atoms with Crippen molar-refractivity contribution in [2.45, 2.75) is 26.2 Å². The van der Waals surface area contributed by atoms with Crippen molar-refractivity contribution in [2.75, 3.05) is 39.3 Å². The molecule has 1 aromatic carbocycles. The molecule has 1 heterocycles. The molecule has 1 amide bonds. The summed E-state index contributed by atoms with van der Waals surface area (Å²) in [6.07, 6.45) is 1.02. The summed E-state index contributed by atoms with van der Waals surface area (Å²) in [6.45, 7) is 9.53. The number of carbonyl (C=O) groups excluding carboxylic acids is 1. The molecule has 0 saturated carbocycles. The zero-order chi connectivity index (χ0) is 15.2. The Kier molecular flexibility index (Phi) is 5.76. The van der Waals surface area contributed by atoms with Gasteiger partial charge in [-0.05, 0) is 36.6 Å². The minimum atomic E-state index is 0.153. The monoisotopic (exact) mass is 289 g/mol. The van der Waals surface area contributed by atoms with Gasteiger partial charge in [-0.3, -0.25) is 4.79 Å². The average molecular weight is 289 g/mol. The molecule has 1 saturated heterocycles. The number of hydrogen-bond acceptors (Lipinski definition) is 3. The molecule has 2 rings (SSSR count). The summed E-state index contributed by atoms with van der Waals surface area (Å²) in [6, 6.07) is 8.05. The third-order valence-electron chi connectivity index (χ3n) is 4.15. The lowest BCUT2D eigenvalue weighted by Crippen LogP contribution is -2.36. The van der Waals surface area contributed by atoms with E-state index >= 15 is 0 Å². The summed E-state index contributed by atoms with van der Waals surface area (Å²) < 4.78 is 0. The van der Waals surface area contributed by atoms with Gasteiger partial charge in [-0.2, -0.15) is 0 Å². The summed E-state index contributed by atoms with van der Waals surface area (Å²) in [5.41, 5.74) is 7.68. The van der Waals surface area contributed by atoms with Gasteiger partial charge in [0, 0.05) is 38.3 Å². The molecule has 21 heavy (non-hydrogen) atoms.